The van der Waals surface area contributed by atoms with Gasteiger partial charge in [-0.1, -0.05) is 0 Å². The number of aromatic nitrogens is 1. The van der Waals surface area contributed by atoms with E-state index in [9.17, 15) is 14.4 Å². The van der Waals surface area contributed by atoms with Gasteiger partial charge < -0.3 is 29.8 Å². The second kappa shape index (κ2) is 9.80. The lowest BCUT2D eigenvalue weighted by atomic mass is 9.78. The van der Waals surface area contributed by atoms with Gasteiger partial charge in [0.15, 0.2) is 11.5 Å². The lowest BCUT2D eigenvalue weighted by Crippen LogP contribution is -2.45. The Bertz CT molecular complexity index is 1270. The van der Waals surface area contributed by atoms with Crippen molar-refractivity contribution in [3.63, 3.8) is 0 Å². The Morgan fingerprint density at radius 2 is 1.81 bits per heavy atom. The number of pyridine rings is 1. The standard InChI is InChI=1S/C26H32BrN3O6/c1-13-10-14(2)29-23(31)20(13)30(5)24(32)18-11-19(27)22-21(15(18)3)35-26(4,36-22)17-8-6-16(7-9-17)12-28-25(33)34/h10-11,16-17,28H,6-9,12H2,1-5H3,(H,29,31)(H,33,34). The van der Waals surface area contributed by atoms with Crippen LogP contribution in [0, 0.1) is 32.6 Å². The van der Waals surface area contributed by atoms with E-state index in [1.807, 2.05) is 26.8 Å². The highest BCUT2D eigenvalue weighted by atomic mass is 79.9. The highest BCUT2D eigenvalue weighted by Crippen LogP contribution is 2.52. The molecule has 2 aromatic rings. The molecular formula is C26H32BrN3O6. The number of hydrogen-bond acceptors (Lipinski definition) is 5. The van der Waals surface area contributed by atoms with Crippen LogP contribution in [0.4, 0.5) is 10.5 Å². The number of nitrogens with zero attached hydrogens (tertiary/aromatic N) is 1. The van der Waals surface area contributed by atoms with Gasteiger partial charge in [0.25, 0.3) is 17.3 Å². The Kier molecular flexibility index (Phi) is 7.10. The Labute approximate surface area is 218 Å². The molecule has 1 aromatic carbocycles. The van der Waals surface area contributed by atoms with Crippen molar-refractivity contribution in [2.45, 2.75) is 59.2 Å². The van der Waals surface area contributed by atoms with E-state index in [2.05, 4.69) is 26.2 Å². The molecule has 2 aliphatic rings. The third-order valence-corrected chi connectivity index (χ3v) is 7.97. The Morgan fingerprint density at radius 1 is 1.17 bits per heavy atom. The van der Waals surface area contributed by atoms with Gasteiger partial charge in [0, 0.05) is 43.3 Å². The summed E-state index contributed by atoms with van der Waals surface area (Å²) in [4.78, 5) is 41.1. The summed E-state index contributed by atoms with van der Waals surface area (Å²) >= 11 is 3.56. The van der Waals surface area contributed by atoms with Crippen LogP contribution in [0.15, 0.2) is 21.4 Å². The number of rotatable bonds is 5. The Balaban J connectivity index is 1.56. The minimum absolute atomic E-state index is 0.118. The van der Waals surface area contributed by atoms with Gasteiger partial charge in [0.1, 0.15) is 5.69 Å². The molecule has 4 rings (SSSR count). The van der Waals surface area contributed by atoms with Crippen LogP contribution in [-0.4, -0.2) is 41.5 Å². The molecule has 0 spiro atoms. The maximum atomic E-state index is 13.5. The molecule has 10 heteroatoms. The fraction of sp³-hybridized carbons (Fsp3) is 0.500. The van der Waals surface area contributed by atoms with Crippen molar-refractivity contribution in [3.05, 3.63) is 49.3 Å². The van der Waals surface area contributed by atoms with Gasteiger partial charge in [-0.05, 0) is 86.0 Å². The van der Waals surface area contributed by atoms with Crippen LogP contribution >= 0.6 is 15.9 Å². The number of aryl methyl sites for hydroxylation is 2. The van der Waals surface area contributed by atoms with Crippen molar-refractivity contribution in [1.82, 2.24) is 10.3 Å². The van der Waals surface area contributed by atoms with Crippen molar-refractivity contribution < 1.29 is 24.2 Å². The predicted molar refractivity (Wildman–Crippen MR) is 139 cm³/mol. The molecule has 9 nitrogen and oxygen atoms in total. The fourth-order valence-corrected chi connectivity index (χ4v) is 5.89. The van der Waals surface area contributed by atoms with Crippen molar-refractivity contribution in [1.29, 1.82) is 0 Å². The van der Waals surface area contributed by atoms with Crippen molar-refractivity contribution in [3.8, 4) is 11.5 Å². The molecule has 1 saturated carbocycles. The van der Waals surface area contributed by atoms with Crippen LogP contribution in [0.2, 0.25) is 0 Å². The second-order valence-corrected chi connectivity index (χ2v) is 10.8. The molecule has 1 aliphatic heterocycles. The first-order valence-electron chi connectivity index (χ1n) is 12.1. The monoisotopic (exact) mass is 561 g/mol. The van der Waals surface area contributed by atoms with E-state index in [-0.39, 0.29) is 17.4 Å². The zero-order valence-corrected chi connectivity index (χ0v) is 22.7. The van der Waals surface area contributed by atoms with E-state index in [0.717, 1.165) is 31.4 Å². The molecule has 194 valence electrons. The summed E-state index contributed by atoms with van der Waals surface area (Å²) in [6.45, 7) is 7.80. The first-order chi connectivity index (χ1) is 16.9. The van der Waals surface area contributed by atoms with Crippen LogP contribution in [0.3, 0.4) is 0 Å². The topological polar surface area (TPSA) is 121 Å². The first kappa shape index (κ1) is 26.1. The quantitative estimate of drug-likeness (QED) is 0.477. The van der Waals surface area contributed by atoms with Crippen molar-refractivity contribution >= 4 is 33.6 Å². The number of aromatic amines is 1. The number of amides is 2. The number of nitrogens with one attached hydrogen (secondary N) is 2. The van der Waals surface area contributed by atoms with E-state index in [0.29, 0.717) is 50.8 Å². The summed E-state index contributed by atoms with van der Waals surface area (Å²) < 4.78 is 13.4. The molecule has 1 unspecified atom stereocenters. The zero-order valence-electron chi connectivity index (χ0n) is 21.2. The van der Waals surface area contributed by atoms with Gasteiger partial charge in [-0.3, -0.25) is 9.59 Å². The number of anilines is 1. The third kappa shape index (κ3) is 4.83. The maximum absolute atomic E-state index is 13.5. The average Bonchev–Trinajstić information content (AvgIpc) is 3.19. The van der Waals surface area contributed by atoms with Gasteiger partial charge in [0.2, 0.25) is 0 Å². The smallest absolute Gasteiger partial charge is 0.404 e. The molecule has 36 heavy (non-hydrogen) atoms. The number of carbonyl (C=O) groups is 2. The highest BCUT2D eigenvalue weighted by molar-refractivity contribution is 9.10. The first-order valence-corrected chi connectivity index (χ1v) is 12.9. The molecule has 3 N–H and O–H groups in total. The summed E-state index contributed by atoms with van der Waals surface area (Å²) in [5, 5.41) is 11.3. The fourth-order valence-electron chi connectivity index (χ4n) is 5.40. The number of halogens is 1. The van der Waals surface area contributed by atoms with E-state index in [4.69, 9.17) is 14.6 Å². The molecule has 0 saturated heterocycles. The van der Waals surface area contributed by atoms with Gasteiger partial charge in [0.05, 0.1) is 4.47 Å². The molecule has 0 radical (unpaired) electrons. The van der Waals surface area contributed by atoms with Gasteiger partial charge in [-0.25, -0.2) is 4.79 Å². The van der Waals surface area contributed by atoms with Gasteiger partial charge >= 0.3 is 6.09 Å². The maximum Gasteiger partial charge on any atom is 0.404 e. The predicted octanol–water partition coefficient (Wildman–Crippen LogP) is 4.90. The molecule has 1 atom stereocenters. The minimum atomic E-state index is -1.000. The largest absolute Gasteiger partial charge is 0.465 e. The summed E-state index contributed by atoms with van der Waals surface area (Å²) in [6, 6.07) is 3.55. The van der Waals surface area contributed by atoms with Gasteiger partial charge in [-0.2, -0.15) is 0 Å². The summed E-state index contributed by atoms with van der Waals surface area (Å²) in [5.74, 6) is 0.288. The number of H-pyrrole nitrogens is 1. The number of carbonyl (C=O) groups excluding carboxylic acids is 1. The third-order valence-electron chi connectivity index (χ3n) is 7.38. The number of ether oxygens (including phenoxy) is 2. The van der Waals surface area contributed by atoms with E-state index >= 15 is 0 Å². The number of hydrogen-bond donors (Lipinski definition) is 3. The SMILES string of the molecule is Cc1cc(C)c(N(C)C(=O)c2cc(Br)c3c(c2C)OC(C)(C2CCC(CNC(=O)O)CC2)O3)c(=O)[nH]1. The summed E-state index contributed by atoms with van der Waals surface area (Å²) in [7, 11) is 1.59. The summed E-state index contributed by atoms with van der Waals surface area (Å²) in [5.41, 5.74) is 2.50. The Morgan fingerprint density at radius 3 is 2.42 bits per heavy atom. The molecule has 2 amide bonds. The van der Waals surface area contributed by atoms with Crippen LogP contribution in [0.5, 0.6) is 11.5 Å². The normalized spacial score (nSPS) is 22.8. The molecule has 0 bridgehead atoms. The average molecular weight is 562 g/mol. The van der Waals surface area contributed by atoms with Crippen LogP contribution < -0.4 is 25.2 Å². The zero-order chi connectivity index (χ0) is 26.4. The number of carboxylic acid groups (broad SMARTS) is 1. The Hall–Kier alpha value is -3.01. The second-order valence-electron chi connectivity index (χ2n) is 9.99. The minimum Gasteiger partial charge on any atom is -0.465 e. The lowest BCUT2D eigenvalue weighted by Gasteiger charge is -2.37. The summed E-state index contributed by atoms with van der Waals surface area (Å²) in [6.07, 6.45) is 2.44. The van der Waals surface area contributed by atoms with Crippen LogP contribution in [0.1, 0.15) is 59.8 Å². The van der Waals surface area contributed by atoms with E-state index in [1.165, 1.54) is 4.90 Å². The number of benzene rings is 1. The highest BCUT2D eigenvalue weighted by Gasteiger charge is 2.47. The molecular weight excluding hydrogens is 530 g/mol. The molecule has 1 aromatic heterocycles. The van der Waals surface area contributed by atoms with Crippen LogP contribution in [0.25, 0.3) is 0 Å². The van der Waals surface area contributed by atoms with E-state index in [1.54, 1.807) is 20.0 Å². The van der Waals surface area contributed by atoms with E-state index < -0.39 is 11.9 Å². The van der Waals surface area contributed by atoms with Crippen LogP contribution in [-0.2, 0) is 0 Å². The molecule has 1 aliphatic carbocycles. The lowest BCUT2D eigenvalue weighted by molar-refractivity contribution is -0.123. The molecule has 1 fully saturated rings. The number of fused-ring (bicyclic) bond motifs is 1. The molecule has 2 heterocycles. The van der Waals surface area contributed by atoms with Crippen molar-refractivity contribution in [2.24, 2.45) is 11.8 Å². The van der Waals surface area contributed by atoms with Gasteiger partial charge in [-0.15, -0.1) is 0 Å². The van der Waals surface area contributed by atoms with Crippen molar-refractivity contribution in [2.75, 3.05) is 18.5 Å².